The molecule has 1 fully saturated rings. The highest BCUT2D eigenvalue weighted by molar-refractivity contribution is 14.1. The molecule has 0 saturated carbocycles. The highest BCUT2D eigenvalue weighted by atomic mass is 127. The minimum Gasteiger partial charge on any atom is -0.474 e. The summed E-state index contributed by atoms with van der Waals surface area (Å²) >= 11 is 2.07. The minimum atomic E-state index is -4.68. The first kappa shape index (κ1) is 26.8. The van der Waals surface area contributed by atoms with Gasteiger partial charge in [-0.25, -0.2) is 9.67 Å². The predicted octanol–water partition coefficient (Wildman–Crippen LogP) is 7.45. The van der Waals surface area contributed by atoms with Crippen LogP contribution >= 0.6 is 22.6 Å². The highest BCUT2D eigenvalue weighted by Gasteiger charge is 2.43. The second-order valence-corrected chi connectivity index (χ2v) is 10.7. The van der Waals surface area contributed by atoms with Crippen LogP contribution in [0, 0.1) is 3.70 Å². The fourth-order valence-electron chi connectivity index (χ4n) is 5.40. The average Bonchev–Trinajstić information content (AvgIpc) is 3.32. The second-order valence-electron chi connectivity index (χ2n) is 9.65. The molecular weight excluding hydrogens is 630 g/mol. The minimum absolute atomic E-state index is 0.0598. The summed E-state index contributed by atoms with van der Waals surface area (Å²) in [4.78, 5) is 3.99. The third kappa shape index (κ3) is 4.75. The van der Waals surface area contributed by atoms with E-state index in [0.29, 0.717) is 35.1 Å². The topological polar surface area (TPSA) is 49.2 Å². The van der Waals surface area contributed by atoms with Crippen molar-refractivity contribution in [3.63, 3.8) is 0 Å². The molecule has 1 saturated heterocycles. The summed E-state index contributed by atoms with van der Waals surface area (Å²) in [5.41, 5.74) is 0.723. The van der Waals surface area contributed by atoms with Gasteiger partial charge in [-0.1, -0.05) is 91.0 Å². The SMILES string of the molecule is FC(F)(F)c1cc2c(c(I)nn2C(c2ccccc2)(c2ccccc2)c2ccccc2)c(OC2CCOCC2)n1. The van der Waals surface area contributed by atoms with Gasteiger partial charge in [0.25, 0.3) is 0 Å². The zero-order chi connectivity index (χ0) is 27.7. The molecule has 0 aliphatic carbocycles. The van der Waals surface area contributed by atoms with Crippen LogP contribution in [-0.4, -0.2) is 34.1 Å². The summed E-state index contributed by atoms with van der Waals surface area (Å²) in [7, 11) is 0. The van der Waals surface area contributed by atoms with E-state index >= 15 is 0 Å². The zero-order valence-corrected chi connectivity index (χ0v) is 23.5. The summed E-state index contributed by atoms with van der Waals surface area (Å²) in [6, 6.07) is 30.3. The molecule has 0 unspecified atom stereocenters. The molecule has 204 valence electrons. The first-order valence-corrected chi connectivity index (χ1v) is 14.0. The summed E-state index contributed by atoms with van der Waals surface area (Å²) in [5.74, 6) is -0.0598. The van der Waals surface area contributed by atoms with Crippen LogP contribution in [0.2, 0.25) is 0 Å². The second kappa shape index (κ2) is 10.9. The van der Waals surface area contributed by atoms with Crippen LogP contribution in [0.25, 0.3) is 10.9 Å². The average molecular weight is 655 g/mol. The molecule has 1 aliphatic heterocycles. The van der Waals surface area contributed by atoms with Crippen LogP contribution in [0.5, 0.6) is 5.88 Å². The fourth-order valence-corrected chi connectivity index (χ4v) is 6.13. The third-order valence-electron chi connectivity index (χ3n) is 7.22. The van der Waals surface area contributed by atoms with Gasteiger partial charge in [0.1, 0.15) is 15.3 Å². The van der Waals surface area contributed by atoms with Crippen molar-refractivity contribution in [3.8, 4) is 5.88 Å². The Bertz CT molecular complexity index is 1510. The Balaban J connectivity index is 1.72. The van der Waals surface area contributed by atoms with Crippen molar-refractivity contribution in [2.45, 2.75) is 30.7 Å². The van der Waals surface area contributed by atoms with Gasteiger partial charge in [-0.05, 0) is 45.3 Å². The monoisotopic (exact) mass is 655 g/mol. The predicted molar refractivity (Wildman–Crippen MR) is 154 cm³/mol. The van der Waals surface area contributed by atoms with Crippen LogP contribution in [-0.2, 0) is 16.5 Å². The molecule has 0 radical (unpaired) electrons. The normalized spacial score (nSPS) is 14.9. The number of hydrogen-bond donors (Lipinski definition) is 0. The number of benzene rings is 3. The fraction of sp³-hybridized carbons (Fsp3) is 0.226. The van der Waals surface area contributed by atoms with Crippen molar-refractivity contribution in [3.05, 3.63) is 123 Å². The van der Waals surface area contributed by atoms with Gasteiger partial charge in [0.05, 0.1) is 24.1 Å². The number of pyridine rings is 1. The summed E-state index contributed by atoms with van der Waals surface area (Å²) in [6.45, 7) is 0.977. The maximum Gasteiger partial charge on any atom is 0.433 e. The molecule has 6 rings (SSSR count). The molecular formula is C31H25F3IN3O2. The van der Waals surface area contributed by atoms with Gasteiger partial charge in [0, 0.05) is 12.8 Å². The quantitative estimate of drug-likeness (QED) is 0.141. The molecule has 3 heterocycles. The number of nitrogens with zero attached hydrogens (tertiary/aromatic N) is 3. The smallest absolute Gasteiger partial charge is 0.433 e. The van der Waals surface area contributed by atoms with Crippen LogP contribution in [0.4, 0.5) is 13.2 Å². The summed E-state index contributed by atoms with van der Waals surface area (Å²) in [5, 5.41) is 5.41. The van der Waals surface area contributed by atoms with Crippen molar-refractivity contribution < 1.29 is 22.6 Å². The van der Waals surface area contributed by atoms with E-state index in [9.17, 15) is 13.2 Å². The van der Waals surface area contributed by atoms with E-state index in [1.165, 1.54) is 0 Å². The molecule has 0 spiro atoms. The van der Waals surface area contributed by atoms with Gasteiger partial charge in [-0.15, -0.1) is 0 Å². The Morgan fingerprint density at radius 2 is 1.30 bits per heavy atom. The van der Waals surface area contributed by atoms with E-state index in [4.69, 9.17) is 14.6 Å². The maximum atomic E-state index is 14.3. The van der Waals surface area contributed by atoms with Crippen LogP contribution in [0.3, 0.4) is 0 Å². The van der Waals surface area contributed by atoms with Gasteiger partial charge in [-0.2, -0.15) is 18.3 Å². The molecule has 9 heteroatoms. The van der Waals surface area contributed by atoms with Crippen molar-refractivity contribution in [1.82, 2.24) is 14.8 Å². The summed E-state index contributed by atoms with van der Waals surface area (Å²) < 4.78 is 56.7. The van der Waals surface area contributed by atoms with E-state index in [-0.39, 0.29) is 17.5 Å². The van der Waals surface area contributed by atoms with Crippen LogP contribution in [0.15, 0.2) is 97.1 Å². The van der Waals surface area contributed by atoms with E-state index < -0.39 is 17.4 Å². The Kier molecular flexibility index (Phi) is 7.26. The first-order chi connectivity index (χ1) is 19.4. The third-order valence-corrected chi connectivity index (χ3v) is 7.97. The number of fused-ring (bicyclic) bond motifs is 1. The van der Waals surface area contributed by atoms with Crippen molar-refractivity contribution in [1.29, 1.82) is 0 Å². The van der Waals surface area contributed by atoms with E-state index in [1.54, 1.807) is 4.68 Å². The van der Waals surface area contributed by atoms with E-state index in [0.717, 1.165) is 22.8 Å². The molecule has 0 amide bonds. The number of aromatic nitrogens is 3. The Morgan fingerprint density at radius 3 is 1.77 bits per heavy atom. The van der Waals surface area contributed by atoms with Crippen molar-refractivity contribution >= 4 is 33.5 Å². The molecule has 2 aromatic heterocycles. The number of hydrogen-bond acceptors (Lipinski definition) is 4. The molecule has 5 aromatic rings. The number of alkyl halides is 3. The standard InChI is InChI=1S/C31H25F3IN3O2/c32-31(33,34)26-20-25-27(29(36-26)40-24-16-18-39-19-17-24)28(35)37-38(25)30(21-10-4-1-5-11-21,22-12-6-2-7-13-22)23-14-8-3-9-15-23/h1-15,20,24H,16-19H2. The van der Waals surface area contributed by atoms with Crippen molar-refractivity contribution in [2.75, 3.05) is 13.2 Å². The van der Waals surface area contributed by atoms with Crippen molar-refractivity contribution in [2.24, 2.45) is 0 Å². The molecule has 1 aliphatic rings. The largest absolute Gasteiger partial charge is 0.474 e. The Morgan fingerprint density at radius 1 is 0.800 bits per heavy atom. The Labute approximate surface area is 243 Å². The molecule has 3 aromatic carbocycles. The van der Waals surface area contributed by atoms with Crippen LogP contribution < -0.4 is 4.74 Å². The van der Waals surface area contributed by atoms with Gasteiger partial charge in [0.15, 0.2) is 5.69 Å². The highest BCUT2D eigenvalue weighted by Crippen LogP contribution is 2.45. The summed E-state index contributed by atoms with van der Waals surface area (Å²) in [6.07, 6.45) is -3.83. The van der Waals surface area contributed by atoms with E-state index in [2.05, 4.69) is 27.6 Å². The lowest BCUT2D eigenvalue weighted by atomic mass is 9.77. The molecule has 0 atom stereocenters. The first-order valence-electron chi connectivity index (χ1n) is 13.0. The van der Waals surface area contributed by atoms with Gasteiger partial charge < -0.3 is 9.47 Å². The number of rotatable bonds is 6. The van der Waals surface area contributed by atoms with Gasteiger partial charge in [0.2, 0.25) is 5.88 Å². The lowest BCUT2D eigenvalue weighted by Gasteiger charge is -2.37. The molecule has 40 heavy (non-hydrogen) atoms. The van der Waals surface area contributed by atoms with Crippen LogP contribution in [0.1, 0.15) is 35.2 Å². The van der Waals surface area contributed by atoms with Gasteiger partial charge in [-0.3, -0.25) is 0 Å². The van der Waals surface area contributed by atoms with Gasteiger partial charge >= 0.3 is 6.18 Å². The molecule has 0 bridgehead atoms. The lowest BCUT2D eigenvalue weighted by Crippen LogP contribution is -2.38. The Hall–Kier alpha value is -3.44. The lowest BCUT2D eigenvalue weighted by molar-refractivity contribution is -0.141. The molecule has 0 N–H and O–H groups in total. The zero-order valence-electron chi connectivity index (χ0n) is 21.3. The maximum absolute atomic E-state index is 14.3. The number of ether oxygens (including phenoxy) is 2. The number of halogens is 4. The molecule has 5 nitrogen and oxygen atoms in total. The van der Waals surface area contributed by atoms with E-state index in [1.807, 2.05) is 91.0 Å².